The standard InChI is InChI=1S/C15H28N2O2/c1-11-13(3,4)16(7,8)15(18-11)17(9,10)14(5,6)12(2)19-15/h1-2H2,3-10H3/q+2. The molecule has 2 aliphatic heterocycles. The van der Waals surface area contributed by atoms with E-state index in [0.717, 1.165) is 11.5 Å². The van der Waals surface area contributed by atoms with Crippen molar-refractivity contribution in [3.63, 3.8) is 0 Å². The SMILES string of the molecule is C=C1OC2(OC(=C)C(C)(C)[N+]2(C)C)[N+](C)(C)C1(C)C. The number of hydrogen-bond acceptors (Lipinski definition) is 2. The Hall–Kier alpha value is -1.00. The number of hydrogen-bond donors (Lipinski definition) is 0. The van der Waals surface area contributed by atoms with E-state index in [1.54, 1.807) is 0 Å². The lowest BCUT2D eigenvalue weighted by Crippen LogP contribution is -2.76. The highest BCUT2D eigenvalue weighted by molar-refractivity contribution is 5.12. The van der Waals surface area contributed by atoms with E-state index < -0.39 is 6.03 Å². The molecule has 0 aromatic rings. The molecule has 2 saturated heterocycles. The van der Waals surface area contributed by atoms with E-state index in [-0.39, 0.29) is 11.1 Å². The Morgan fingerprint density at radius 2 is 1.00 bits per heavy atom. The highest BCUT2D eigenvalue weighted by Gasteiger charge is 2.83. The van der Waals surface area contributed by atoms with Gasteiger partial charge in [0.05, 0.1) is 28.2 Å². The first-order valence-corrected chi connectivity index (χ1v) is 6.71. The van der Waals surface area contributed by atoms with Crippen LogP contribution >= 0.6 is 0 Å². The summed E-state index contributed by atoms with van der Waals surface area (Å²) in [6, 6.07) is -0.832. The molecule has 0 aromatic heterocycles. The zero-order valence-corrected chi connectivity index (χ0v) is 13.6. The van der Waals surface area contributed by atoms with Crippen molar-refractivity contribution in [3.05, 3.63) is 24.7 Å². The molecular formula is C15H28N2O2+2. The van der Waals surface area contributed by atoms with Crippen LogP contribution in [-0.2, 0) is 9.47 Å². The van der Waals surface area contributed by atoms with Gasteiger partial charge in [0.15, 0.2) is 22.6 Å². The molecule has 0 bridgehead atoms. The Morgan fingerprint density at radius 3 is 1.16 bits per heavy atom. The van der Waals surface area contributed by atoms with Crippen molar-refractivity contribution in [3.8, 4) is 0 Å². The third-order valence-electron chi connectivity index (χ3n) is 6.09. The maximum atomic E-state index is 6.23. The van der Waals surface area contributed by atoms with E-state index in [1.807, 2.05) is 0 Å². The lowest BCUT2D eigenvalue weighted by atomic mass is 9.98. The summed E-state index contributed by atoms with van der Waals surface area (Å²) in [5.74, 6) is 1.52. The van der Waals surface area contributed by atoms with Crippen molar-refractivity contribution in [1.82, 2.24) is 0 Å². The fraction of sp³-hybridized carbons (Fsp3) is 0.733. The predicted molar refractivity (Wildman–Crippen MR) is 75.6 cm³/mol. The molecule has 0 N–H and O–H groups in total. The van der Waals surface area contributed by atoms with Gasteiger partial charge in [0.25, 0.3) is 0 Å². The Morgan fingerprint density at radius 1 is 0.737 bits per heavy atom. The summed E-state index contributed by atoms with van der Waals surface area (Å²) in [5, 5.41) is 0. The lowest BCUT2D eigenvalue weighted by molar-refractivity contribution is -1.20. The second-order valence-corrected chi connectivity index (χ2v) is 7.62. The second-order valence-electron chi connectivity index (χ2n) is 7.62. The minimum Gasteiger partial charge on any atom is -0.357 e. The van der Waals surface area contributed by atoms with Crippen LogP contribution in [0.1, 0.15) is 27.7 Å². The average Bonchev–Trinajstić information content (AvgIpc) is 2.45. The molecule has 19 heavy (non-hydrogen) atoms. The van der Waals surface area contributed by atoms with Crippen molar-refractivity contribution in [2.75, 3.05) is 28.2 Å². The van der Waals surface area contributed by atoms with Gasteiger partial charge in [-0.15, -0.1) is 0 Å². The van der Waals surface area contributed by atoms with Crippen molar-refractivity contribution in [1.29, 1.82) is 0 Å². The summed E-state index contributed by atoms with van der Waals surface area (Å²) in [6.45, 7) is 16.8. The fourth-order valence-corrected chi connectivity index (χ4v) is 3.00. The Balaban J connectivity index is 2.71. The van der Waals surface area contributed by atoms with Crippen LogP contribution in [0, 0.1) is 0 Å². The van der Waals surface area contributed by atoms with Crippen LogP contribution < -0.4 is 0 Å². The van der Waals surface area contributed by atoms with Crippen molar-refractivity contribution in [2.45, 2.75) is 44.8 Å². The lowest BCUT2D eigenvalue weighted by Gasteiger charge is -2.48. The monoisotopic (exact) mass is 268 g/mol. The first-order valence-electron chi connectivity index (χ1n) is 6.71. The first kappa shape index (κ1) is 14.4. The van der Waals surface area contributed by atoms with Gasteiger partial charge in [-0.3, -0.25) is 0 Å². The third kappa shape index (κ3) is 1.18. The molecule has 0 radical (unpaired) electrons. The largest absolute Gasteiger partial charge is 0.563 e. The summed E-state index contributed by atoms with van der Waals surface area (Å²) in [6.07, 6.45) is 0. The average molecular weight is 268 g/mol. The second kappa shape index (κ2) is 3.18. The van der Waals surface area contributed by atoms with Crippen LogP contribution in [0.2, 0.25) is 0 Å². The highest BCUT2D eigenvalue weighted by atomic mass is 16.8. The zero-order chi connectivity index (χ0) is 15.1. The summed E-state index contributed by atoms with van der Waals surface area (Å²) in [4.78, 5) is 0. The van der Waals surface area contributed by atoms with Crippen LogP contribution in [0.25, 0.3) is 0 Å². The maximum absolute atomic E-state index is 6.23. The molecule has 0 aliphatic carbocycles. The minimum atomic E-state index is -0.832. The van der Waals surface area contributed by atoms with Crippen molar-refractivity contribution < 1.29 is 18.4 Å². The quantitative estimate of drug-likeness (QED) is 0.628. The molecular weight excluding hydrogens is 240 g/mol. The van der Waals surface area contributed by atoms with Crippen LogP contribution in [-0.4, -0.2) is 54.3 Å². The summed E-state index contributed by atoms with van der Waals surface area (Å²) in [7, 11) is 8.53. The van der Waals surface area contributed by atoms with Gasteiger partial charge in [-0.1, -0.05) is 13.2 Å². The number of quaternary nitrogens is 2. The molecule has 2 fully saturated rings. The van der Waals surface area contributed by atoms with Gasteiger partial charge in [-0.05, 0) is 27.7 Å². The van der Waals surface area contributed by atoms with Crippen LogP contribution in [0.3, 0.4) is 0 Å². The van der Waals surface area contributed by atoms with Crippen molar-refractivity contribution >= 4 is 0 Å². The molecule has 2 aliphatic rings. The molecule has 1 spiro atoms. The van der Waals surface area contributed by atoms with E-state index in [9.17, 15) is 0 Å². The van der Waals surface area contributed by atoms with Crippen LogP contribution in [0.15, 0.2) is 24.7 Å². The smallest absolute Gasteiger partial charge is 0.357 e. The van der Waals surface area contributed by atoms with Gasteiger partial charge < -0.3 is 9.47 Å². The van der Waals surface area contributed by atoms with Crippen LogP contribution in [0.4, 0.5) is 0 Å². The molecule has 108 valence electrons. The summed E-state index contributed by atoms with van der Waals surface area (Å²) < 4.78 is 13.6. The molecule has 0 saturated carbocycles. The van der Waals surface area contributed by atoms with Gasteiger partial charge >= 0.3 is 6.03 Å². The fourth-order valence-electron chi connectivity index (χ4n) is 3.00. The minimum absolute atomic E-state index is 0.226. The van der Waals surface area contributed by atoms with E-state index in [4.69, 9.17) is 9.47 Å². The van der Waals surface area contributed by atoms with Gasteiger partial charge in [0, 0.05) is 0 Å². The predicted octanol–water partition coefficient (Wildman–Crippen LogP) is 2.40. The normalized spacial score (nSPS) is 32.2. The maximum Gasteiger partial charge on any atom is 0.563 e. The number of likely N-dealkylation sites (N-methyl/N-ethyl adjacent to an activating group) is 2. The van der Waals surface area contributed by atoms with Crippen LogP contribution in [0.5, 0.6) is 0 Å². The number of nitrogens with zero attached hydrogens (tertiary/aromatic N) is 2. The van der Waals surface area contributed by atoms with Gasteiger partial charge in [0.1, 0.15) is 0 Å². The van der Waals surface area contributed by atoms with Crippen molar-refractivity contribution in [2.24, 2.45) is 0 Å². The van der Waals surface area contributed by atoms with E-state index in [2.05, 4.69) is 69.0 Å². The molecule has 4 nitrogen and oxygen atoms in total. The first-order chi connectivity index (χ1) is 8.26. The summed E-state index contributed by atoms with van der Waals surface area (Å²) in [5.41, 5.74) is -0.452. The molecule has 4 heteroatoms. The van der Waals surface area contributed by atoms with E-state index in [0.29, 0.717) is 8.97 Å². The molecule has 0 aromatic carbocycles. The molecule has 0 amide bonds. The number of rotatable bonds is 0. The summed E-state index contributed by atoms with van der Waals surface area (Å²) >= 11 is 0. The van der Waals surface area contributed by atoms with Gasteiger partial charge in [-0.25, -0.2) is 0 Å². The molecule has 2 rings (SSSR count). The third-order valence-corrected chi connectivity index (χ3v) is 6.09. The zero-order valence-electron chi connectivity index (χ0n) is 13.6. The Bertz CT molecular complexity index is 429. The van der Waals surface area contributed by atoms with Gasteiger partial charge in [0.2, 0.25) is 0 Å². The highest BCUT2D eigenvalue weighted by Crippen LogP contribution is 2.58. The Kier molecular flexibility index (Phi) is 2.41. The molecule has 0 unspecified atom stereocenters. The van der Waals surface area contributed by atoms with E-state index in [1.165, 1.54) is 0 Å². The topological polar surface area (TPSA) is 18.5 Å². The molecule has 0 atom stereocenters. The number of ether oxygens (including phenoxy) is 2. The van der Waals surface area contributed by atoms with E-state index >= 15 is 0 Å². The molecule has 2 heterocycles. The Labute approximate surface area is 117 Å². The van der Waals surface area contributed by atoms with Gasteiger partial charge in [-0.2, -0.15) is 8.97 Å².